The molecule has 2 N–H and O–H groups in total. The Labute approximate surface area is 161 Å². The molecule has 3 atom stereocenters. The van der Waals surface area contributed by atoms with E-state index in [0.717, 1.165) is 19.3 Å². The molecule has 0 spiro atoms. The molecule has 0 fully saturated rings. The van der Waals surface area contributed by atoms with E-state index >= 15 is 0 Å². The average Bonchev–Trinajstić information content (AvgIpc) is 2.70. The minimum Gasteiger partial charge on any atom is -0.508 e. The van der Waals surface area contributed by atoms with Crippen LogP contribution in [0.4, 0.5) is 0 Å². The van der Waals surface area contributed by atoms with E-state index < -0.39 is 0 Å². The predicted octanol–water partition coefficient (Wildman–Crippen LogP) is 5.79. The molecule has 3 aromatic rings. The number of phenolic OH excluding ortho intramolecular Hbond substituents is 2. The third-order valence-corrected chi connectivity index (χ3v) is 6.11. The number of aromatic hydroxyl groups is 2. The Balaban J connectivity index is 1.74. The van der Waals surface area contributed by atoms with Crippen molar-refractivity contribution in [2.24, 2.45) is 5.92 Å². The van der Waals surface area contributed by atoms with Crippen molar-refractivity contribution in [3.05, 3.63) is 95.1 Å². The Hall–Kier alpha value is -2.74. The van der Waals surface area contributed by atoms with Gasteiger partial charge in [-0.2, -0.15) is 0 Å². The largest absolute Gasteiger partial charge is 0.508 e. The summed E-state index contributed by atoms with van der Waals surface area (Å²) in [5, 5.41) is 19.3. The van der Waals surface area contributed by atoms with Crippen LogP contribution in [0.2, 0.25) is 0 Å². The molecule has 0 amide bonds. The summed E-state index contributed by atoms with van der Waals surface area (Å²) in [6, 6.07) is 24.2. The molecule has 2 nitrogen and oxygen atoms in total. The summed E-state index contributed by atoms with van der Waals surface area (Å²) in [6.45, 7) is 2.29. The minimum absolute atomic E-state index is 0.316. The summed E-state index contributed by atoms with van der Waals surface area (Å²) >= 11 is 0. The van der Waals surface area contributed by atoms with Crippen LogP contribution in [0.1, 0.15) is 47.4 Å². The second-order valence-corrected chi connectivity index (χ2v) is 7.65. The Bertz CT molecular complexity index is 896. The fourth-order valence-electron chi connectivity index (χ4n) is 4.78. The zero-order valence-corrected chi connectivity index (χ0v) is 15.7. The molecule has 0 aromatic heterocycles. The Morgan fingerprint density at radius 2 is 1.44 bits per heavy atom. The van der Waals surface area contributed by atoms with E-state index in [1.165, 1.54) is 22.3 Å². The number of fused-ring (bicyclic) bond motifs is 1. The lowest BCUT2D eigenvalue weighted by atomic mass is 9.64. The predicted molar refractivity (Wildman–Crippen MR) is 109 cm³/mol. The summed E-state index contributed by atoms with van der Waals surface area (Å²) in [5.74, 6) is 2.08. The molecule has 0 bridgehead atoms. The highest BCUT2D eigenvalue weighted by Gasteiger charge is 2.36. The van der Waals surface area contributed by atoms with E-state index in [4.69, 9.17) is 0 Å². The van der Waals surface area contributed by atoms with Crippen molar-refractivity contribution in [1.82, 2.24) is 0 Å². The standard InChI is InChI=1S/C25H26O2/c1-2-22-24(18-9-13-21(27)14-10-18)16-19-5-3-4-6-23(19)25(22)15-17-7-11-20(26)12-8-17/h3-14,22,24-27H,2,15-16H2,1H3. The zero-order chi connectivity index (χ0) is 18.8. The molecule has 0 saturated carbocycles. The van der Waals surface area contributed by atoms with Gasteiger partial charge in [-0.15, -0.1) is 0 Å². The second kappa shape index (κ2) is 7.48. The SMILES string of the molecule is CCC1C(c2ccc(O)cc2)Cc2ccccc2C1Cc1ccc(O)cc1. The maximum absolute atomic E-state index is 9.68. The Morgan fingerprint density at radius 3 is 2.11 bits per heavy atom. The highest BCUT2D eigenvalue weighted by Crippen LogP contribution is 2.47. The smallest absolute Gasteiger partial charge is 0.115 e. The molecule has 0 radical (unpaired) electrons. The molecule has 138 valence electrons. The molecule has 4 rings (SSSR count). The lowest BCUT2D eigenvalue weighted by Crippen LogP contribution is -2.29. The molecule has 0 saturated heterocycles. The fourth-order valence-corrected chi connectivity index (χ4v) is 4.78. The highest BCUT2D eigenvalue weighted by molar-refractivity contribution is 5.40. The van der Waals surface area contributed by atoms with Gasteiger partial charge in [0.1, 0.15) is 11.5 Å². The van der Waals surface area contributed by atoms with E-state index in [2.05, 4.69) is 43.3 Å². The third-order valence-electron chi connectivity index (χ3n) is 6.11. The number of phenols is 2. The monoisotopic (exact) mass is 358 g/mol. The summed E-state index contributed by atoms with van der Waals surface area (Å²) < 4.78 is 0. The topological polar surface area (TPSA) is 40.5 Å². The van der Waals surface area contributed by atoms with Crippen molar-refractivity contribution in [1.29, 1.82) is 0 Å². The van der Waals surface area contributed by atoms with Crippen LogP contribution in [-0.2, 0) is 12.8 Å². The van der Waals surface area contributed by atoms with Gasteiger partial charge in [-0.05, 0) is 77.1 Å². The minimum atomic E-state index is 0.316. The Kier molecular flexibility index (Phi) is 4.89. The number of hydrogen-bond donors (Lipinski definition) is 2. The van der Waals surface area contributed by atoms with Gasteiger partial charge in [-0.3, -0.25) is 0 Å². The van der Waals surface area contributed by atoms with Gasteiger partial charge < -0.3 is 10.2 Å². The van der Waals surface area contributed by atoms with Gasteiger partial charge in [0.15, 0.2) is 0 Å². The van der Waals surface area contributed by atoms with Gasteiger partial charge in [0.25, 0.3) is 0 Å². The van der Waals surface area contributed by atoms with Gasteiger partial charge >= 0.3 is 0 Å². The molecule has 0 aliphatic heterocycles. The normalized spacial score (nSPS) is 21.6. The van der Waals surface area contributed by atoms with Crippen LogP contribution in [0.25, 0.3) is 0 Å². The van der Waals surface area contributed by atoms with Crippen molar-refractivity contribution < 1.29 is 10.2 Å². The molecule has 1 aliphatic rings. The van der Waals surface area contributed by atoms with Crippen LogP contribution < -0.4 is 0 Å². The number of hydrogen-bond acceptors (Lipinski definition) is 2. The maximum Gasteiger partial charge on any atom is 0.115 e. The summed E-state index contributed by atoms with van der Waals surface area (Å²) in [5.41, 5.74) is 5.47. The van der Waals surface area contributed by atoms with Gasteiger partial charge in [-0.25, -0.2) is 0 Å². The van der Waals surface area contributed by atoms with Crippen LogP contribution in [0.3, 0.4) is 0 Å². The van der Waals surface area contributed by atoms with Crippen LogP contribution in [0, 0.1) is 5.92 Å². The molecule has 0 heterocycles. The van der Waals surface area contributed by atoms with Gasteiger partial charge in [0.2, 0.25) is 0 Å². The van der Waals surface area contributed by atoms with Crippen molar-refractivity contribution >= 4 is 0 Å². The summed E-state index contributed by atoms with van der Waals surface area (Å²) in [6.07, 6.45) is 3.14. The fraction of sp³-hybridized carbons (Fsp3) is 0.280. The molecule has 27 heavy (non-hydrogen) atoms. The lowest BCUT2D eigenvalue weighted by Gasteiger charge is -2.40. The maximum atomic E-state index is 9.68. The summed E-state index contributed by atoms with van der Waals surface area (Å²) in [4.78, 5) is 0. The van der Waals surface area contributed by atoms with Gasteiger partial charge in [-0.1, -0.05) is 61.9 Å². The van der Waals surface area contributed by atoms with E-state index in [9.17, 15) is 10.2 Å². The van der Waals surface area contributed by atoms with Crippen molar-refractivity contribution in [3.63, 3.8) is 0 Å². The van der Waals surface area contributed by atoms with Crippen LogP contribution >= 0.6 is 0 Å². The second-order valence-electron chi connectivity index (χ2n) is 7.65. The molecule has 1 aliphatic carbocycles. The first-order chi connectivity index (χ1) is 13.2. The van der Waals surface area contributed by atoms with E-state index in [1.54, 1.807) is 24.3 Å². The first-order valence-corrected chi connectivity index (χ1v) is 9.80. The zero-order valence-electron chi connectivity index (χ0n) is 15.7. The summed E-state index contributed by atoms with van der Waals surface area (Å²) in [7, 11) is 0. The average molecular weight is 358 g/mol. The molecule has 2 heteroatoms. The Morgan fingerprint density at radius 1 is 0.815 bits per heavy atom. The quantitative estimate of drug-likeness (QED) is 0.620. The van der Waals surface area contributed by atoms with Crippen LogP contribution in [0.5, 0.6) is 11.5 Å². The van der Waals surface area contributed by atoms with E-state index in [1.807, 2.05) is 12.1 Å². The highest BCUT2D eigenvalue weighted by atomic mass is 16.3. The van der Waals surface area contributed by atoms with Crippen LogP contribution in [0.15, 0.2) is 72.8 Å². The first-order valence-electron chi connectivity index (χ1n) is 9.80. The van der Waals surface area contributed by atoms with Gasteiger partial charge in [0, 0.05) is 0 Å². The lowest BCUT2D eigenvalue weighted by molar-refractivity contribution is 0.312. The van der Waals surface area contributed by atoms with Crippen molar-refractivity contribution in [2.45, 2.75) is 38.0 Å². The van der Waals surface area contributed by atoms with E-state index in [0.29, 0.717) is 29.3 Å². The molecule has 3 unspecified atom stereocenters. The molecular weight excluding hydrogens is 332 g/mol. The van der Waals surface area contributed by atoms with Crippen molar-refractivity contribution in [3.8, 4) is 11.5 Å². The van der Waals surface area contributed by atoms with E-state index in [-0.39, 0.29) is 0 Å². The van der Waals surface area contributed by atoms with Crippen molar-refractivity contribution in [2.75, 3.05) is 0 Å². The molecular formula is C25H26O2. The van der Waals surface area contributed by atoms with Gasteiger partial charge in [0.05, 0.1) is 0 Å². The first kappa shape index (κ1) is 17.7. The van der Waals surface area contributed by atoms with Crippen LogP contribution in [-0.4, -0.2) is 10.2 Å². The number of rotatable bonds is 4. The third kappa shape index (κ3) is 3.57. The molecule has 3 aromatic carbocycles. The number of benzene rings is 3.